The summed E-state index contributed by atoms with van der Waals surface area (Å²) in [6.45, 7) is 2.70. The van der Waals surface area contributed by atoms with Crippen molar-refractivity contribution in [2.45, 2.75) is 19.8 Å². The average molecular weight is 210 g/mol. The molecule has 0 aromatic carbocycles. The van der Waals surface area contributed by atoms with Crippen molar-refractivity contribution in [3.63, 3.8) is 0 Å². The Kier molecular flexibility index (Phi) is 6.23. The molecule has 5 nitrogen and oxygen atoms in total. The van der Waals surface area contributed by atoms with Crippen LogP contribution in [0.15, 0.2) is 0 Å². The molecule has 0 unspecified atom stereocenters. The molecule has 0 saturated heterocycles. The van der Waals surface area contributed by atoms with Crippen LogP contribution in [0.4, 0.5) is 0 Å². The summed E-state index contributed by atoms with van der Waals surface area (Å²) < 4.78 is 26.3. The molecule has 0 atom stereocenters. The molecule has 0 aromatic rings. The highest BCUT2D eigenvalue weighted by Crippen LogP contribution is 1.95. The van der Waals surface area contributed by atoms with E-state index >= 15 is 0 Å². The second-order valence-corrected chi connectivity index (χ2v) is 4.66. The molecule has 0 bridgehead atoms. The molecule has 0 aliphatic rings. The Morgan fingerprint density at radius 2 is 2.08 bits per heavy atom. The number of aliphatic hydroxyl groups is 1. The van der Waals surface area contributed by atoms with Crippen LogP contribution in [0.2, 0.25) is 0 Å². The van der Waals surface area contributed by atoms with Crippen molar-refractivity contribution in [3.05, 3.63) is 0 Å². The van der Waals surface area contributed by atoms with Crippen LogP contribution >= 0.6 is 0 Å². The van der Waals surface area contributed by atoms with Gasteiger partial charge in [0.05, 0.1) is 0 Å². The third-order valence-corrected chi connectivity index (χ3v) is 3.15. The highest BCUT2D eigenvalue weighted by molar-refractivity contribution is 7.87. The molecule has 0 aliphatic heterocycles. The van der Waals surface area contributed by atoms with Crippen LogP contribution in [-0.4, -0.2) is 44.6 Å². The smallest absolute Gasteiger partial charge is 0.279 e. The first-order valence-corrected chi connectivity index (χ1v) is 5.80. The lowest BCUT2D eigenvalue weighted by Crippen LogP contribution is -2.39. The van der Waals surface area contributed by atoms with Gasteiger partial charge < -0.3 is 5.11 Å². The second-order valence-electron chi connectivity index (χ2n) is 2.80. The Labute approximate surface area is 79.9 Å². The van der Waals surface area contributed by atoms with Crippen LogP contribution in [0, 0.1) is 0 Å². The standard InChI is InChI=1S/C7H18N2O3S/c1-3-5-8-13(11,12)9(2)6-4-7-10/h8,10H,3-7H2,1-2H3. The minimum Gasteiger partial charge on any atom is -0.396 e. The van der Waals surface area contributed by atoms with Gasteiger partial charge in [-0.1, -0.05) is 6.92 Å². The van der Waals surface area contributed by atoms with E-state index in [4.69, 9.17) is 5.11 Å². The van der Waals surface area contributed by atoms with Gasteiger partial charge >= 0.3 is 0 Å². The lowest BCUT2D eigenvalue weighted by Gasteiger charge is -2.16. The Balaban J connectivity index is 3.96. The van der Waals surface area contributed by atoms with Gasteiger partial charge in [-0.3, -0.25) is 0 Å². The number of hydrogen-bond donors (Lipinski definition) is 2. The topological polar surface area (TPSA) is 69.6 Å². The van der Waals surface area contributed by atoms with Gasteiger partial charge in [0.1, 0.15) is 0 Å². The van der Waals surface area contributed by atoms with Crippen LogP contribution in [0.3, 0.4) is 0 Å². The Bertz CT molecular complexity index is 216. The average Bonchev–Trinajstić information content (AvgIpc) is 2.10. The summed E-state index contributed by atoms with van der Waals surface area (Å²) in [6.07, 6.45) is 1.23. The van der Waals surface area contributed by atoms with E-state index in [0.29, 0.717) is 19.5 Å². The van der Waals surface area contributed by atoms with Gasteiger partial charge in [-0.2, -0.15) is 12.7 Å². The van der Waals surface area contributed by atoms with Crippen LogP contribution in [0.5, 0.6) is 0 Å². The van der Waals surface area contributed by atoms with E-state index in [9.17, 15) is 8.42 Å². The number of nitrogens with zero attached hydrogens (tertiary/aromatic N) is 1. The summed E-state index contributed by atoms with van der Waals surface area (Å²) in [7, 11) is -1.83. The van der Waals surface area contributed by atoms with Crippen molar-refractivity contribution in [2.75, 3.05) is 26.7 Å². The molecule has 6 heteroatoms. The summed E-state index contributed by atoms with van der Waals surface area (Å²) in [5, 5.41) is 8.52. The summed E-state index contributed by atoms with van der Waals surface area (Å²) >= 11 is 0. The highest BCUT2D eigenvalue weighted by Gasteiger charge is 2.14. The monoisotopic (exact) mass is 210 g/mol. The molecule has 0 spiro atoms. The molecule has 80 valence electrons. The quantitative estimate of drug-likeness (QED) is 0.597. The molecule has 0 rings (SSSR count). The largest absolute Gasteiger partial charge is 0.396 e. The van der Waals surface area contributed by atoms with Crippen LogP contribution < -0.4 is 4.72 Å². The van der Waals surface area contributed by atoms with Gasteiger partial charge in [0.15, 0.2) is 0 Å². The molecule has 0 saturated carbocycles. The number of aliphatic hydroxyl groups excluding tert-OH is 1. The van der Waals surface area contributed by atoms with Gasteiger partial charge in [0.25, 0.3) is 10.2 Å². The normalized spacial score (nSPS) is 12.3. The van der Waals surface area contributed by atoms with Gasteiger partial charge in [-0.15, -0.1) is 0 Å². The lowest BCUT2D eigenvalue weighted by atomic mass is 10.5. The molecule has 0 heterocycles. The van der Waals surface area contributed by atoms with Crippen molar-refractivity contribution >= 4 is 10.2 Å². The summed E-state index contributed by atoms with van der Waals surface area (Å²) in [5.74, 6) is 0. The molecular formula is C7H18N2O3S. The zero-order valence-corrected chi connectivity index (χ0v) is 8.97. The molecule has 0 aromatic heterocycles. The predicted octanol–water partition coefficient (Wildman–Crippen LogP) is -0.455. The molecule has 13 heavy (non-hydrogen) atoms. The fourth-order valence-corrected chi connectivity index (χ4v) is 1.81. The van der Waals surface area contributed by atoms with Gasteiger partial charge in [0.2, 0.25) is 0 Å². The van der Waals surface area contributed by atoms with Gasteiger partial charge in [-0.05, 0) is 12.8 Å². The second kappa shape index (κ2) is 6.31. The first-order chi connectivity index (χ1) is 6.04. The van der Waals surface area contributed by atoms with E-state index in [1.165, 1.54) is 11.4 Å². The maximum atomic E-state index is 11.3. The first-order valence-electron chi connectivity index (χ1n) is 4.36. The lowest BCUT2D eigenvalue weighted by molar-refractivity contribution is 0.275. The van der Waals surface area contributed by atoms with Crippen LogP contribution in [0.1, 0.15) is 19.8 Å². The minimum absolute atomic E-state index is 0.00758. The third-order valence-electron chi connectivity index (χ3n) is 1.58. The molecule has 0 aliphatic carbocycles. The van der Waals surface area contributed by atoms with E-state index < -0.39 is 10.2 Å². The van der Waals surface area contributed by atoms with Crippen LogP contribution in [0.25, 0.3) is 0 Å². The number of nitrogens with one attached hydrogen (secondary N) is 1. The Morgan fingerprint density at radius 3 is 2.54 bits per heavy atom. The summed E-state index contributed by atoms with van der Waals surface area (Å²) in [6, 6.07) is 0. The van der Waals surface area contributed by atoms with Crippen molar-refractivity contribution in [1.29, 1.82) is 0 Å². The molecule has 0 radical (unpaired) electrons. The minimum atomic E-state index is -3.32. The van der Waals surface area contributed by atoms with Gasteiger partial charge in [-0.25, -0.2) is 4.72 Å². The van der Waals surface area contributed by atoms with Crippen LogP contribution in [-0.2, 0) is 10.2 Å². The van der Waals surface area contributed by atoms with Crippen molar-refractivity contribution in [1.82, 2.24) is 9.03 Å². The fourth-order valence-electron chi connectivity index (χ4n) is 0.755. The van der Waals surface area contributed by atoms with E-state index in [-0.39, 0.29) is 6.61 Å². The van der Waals surface area contributed by atoms with Gasteiger partial charge in [0, 0.05) is 26.7 Å². The van der Waals surface area contributed by atoms with E-state index in [0.717, 1.165) is 6.42 Å². The van der Waals surface area contributed by atoms with E-state index in [1.807, 2.05) is 6.92 Å². The summed E-state index contributed by atoms with van der Waals surface area (Å²) in [5.41, 5.74) is 0. The SMILES string of the molecule is CCCNS(=O)(=O)N(C)CCCO. The zero-order chi connectivity index (χ0) is 10.3. The number of hydrogen-bond acceptors (Lipinski definition) is 3. The van der Waals surface area contributed by atoms with Crippen molar-refractivity contribution in [2.24, 2.45) is 0 Å². The highest BCUT2D eigenvalue weighted by atomic mass is 32.2. The van der Waals surface area contributed by atoms with Crippen molar-refractivity contribution in [3.8, 4) is 0 Å². The molecule has 2 N–H and O–H groups in total. The van der Waals surface area contributed by atoms with Crippen molar-refractivity contribution < 1.29 is 13.5 Å². The third kappa shape index (κ3) is 5.20. The predicted molar refractivity (Wildman–Crippen MR) is 51.5 cm³/mol. The summed E-state index contributed by atoms with van der Waals surface area (Å²) in [4.78, 5) is 0. The zero-order valence-electron chi connectivity index (χ0n) is 8.15. The van der Waals surface area contributed by atoms with E-state index in [1.54, 1.807) is 0 Å². The maximum Gasteiger partial charge on any atom is 0.279 e. The Morgan fingerprint density at radius 1 is 1.46 bits per heavy atom. The molecular weight excluding hydrogens is 192 g/mol. The molecule has 0 amide bonds. The van der Waals surface area contributed by atoms with E-state index in [2.05, 4.69) is 4.72 Å². The maximum absolute atomic E-state index is 11.3. The Hall–Kier alpha value is -0.170. The fraction of sp³-hybridized carbons (Fsp3) is 1.00. The first kappa shape index (κ1) is 12.8. The molecule has 0 fully saturated rings. The number of rotatable bonds is 7.